The van der Waals surface area contributed by atoms with E-state index >= 15 is 0 Å². The average molecular weight is 370 g/mol. The van der Waals surface area contributed by atoms with Crippen molar-refractivity contribution in [3.8, 4) is 0 Å². The Labute approximate surface area is 161 Å². The largest absolute Gasteiger partial charge is 0.320 e. The van der Waals surface area contributed by atoms with Gasteiger partial charge in [-0.1, -0.05) is 36.4 Å². The number of benzene rings is 2. The lowest BCUT2D eigenvalue weighted by molar-refractivity contribution is 0.102. The summed E-state index contributed by atoms with van der Waals surface area (Å²) in [4.78, 5) is 29.3. The fraction of sp³-hybridized carbons (Fsp3) is 0.0909. The van der Waals surface area contributed by atoms with Crippen molar-refractivity contribution in [2.75, 3.05) is 5.32 Å². The maximum Gasteiger partial charge on any atom is 0.276 e. The van der Waals surface area contributed by atoms with Crippen molar-refractivity contribution >= 4 is 22.5 Å². The molecule has 0 saturated carbocycles. The summed E-state index contributed by atoms with van der Waals surface area (Å²) in [6.45, 7) is 2.23. The van der Waals surface area contributed by atoms with Crippen molar-refractivity contribution in [3.05, 3.63) is 100 Å². The third-order valence-electron chi connectivity index (χ3n) is 4.39. The molecule has 0 aliphatic heterocycles. The van der Waals surface area contributed by atoms with Crippen LogP contribution in [0.1, 0.15) is 21.7 Å². The predicted octanol–water partition coefficient (Wildman–Crippen LogP) is 3.40. The lowest BCUT2D eigenvalue weighted by atomic mass is 10.1. The minimum atomic E-state index is -0.380. The van der Waals surface area contributed by atoms with Crippen LogP contribution in [0.4, 0.5) is 5.69 Å². The van der Waals surface area contributed by atoms with Gasteiger partial charge in [0.2, 0.25) is 0 Å². The summed E-state index contributed by atoms with van der Waals surface area (Å²) in [5.41, 5.74) is 3.21. The van der Waals surface area contributed by atoms with E-state index in [1.165, 1.54) is 16.8 Å². The molecule has 0 aliphatic rings. The van der Waals surface area contributed by atoms with E-state index in [-0.39, 0.29) is 17.2 Å². The summed E-state index contributed by atoms with van der Waals surface area (Å²) in [6.07, 6.45) is 0. The molecule has 0 saturated heterocycles. The molecule has 0 bridgehead atoms. The Balaban J connectivity index is 1.62. The molecule has 0 fully saturated rings. The van der Waals surface area contributed by atoms with Crippen LogP contribution < -0.4 is 10.9 Å². The molecule has 6 heteroatoms. The Hall–Kier alpha value is -3.80. The molecule has 4 rings (SSSR count). The van der Waals surface area contributed by atoms with Gasteiger partial charge in [-0.2, -0.15) is 5.10 Å². The molecule has 6 nitrogen and oxygen atoms in total. The van der Waals surface area contributed by atoms with Crippen molar-refractivity contribution in [3.63, 3.8) is 0 Å². The zero-order valence-electron chi connectivity index (χ0n) is 15.3. The number of rotatable bonds is 4. The number of fused-ring (bicyclic) bond motifs is 1. The highest BCUT2D eigenvalue weighted by Gasteiger charge is 2.12. The number of anilines is 1. The van der Waals surface area contributed by atoms with Crippen molar-refractivity contribution in [2.24, 2.45) is 0 Å². The third kappa shape index (κ3) is 3.66. The van der Waals surface area contributed by atoms with Crippen LogP contribution in [0.25, 0.3) is 10.9 Å². The molecule has 0 unspecified atom stereocenters. The summed E-state index contributed by atoms with van der Waals surface area (Å²) in [5.74, 6) is -0.380. The normalized spacial score (nSPS) is 10.8. The number of carbonyl (C=O) groups is 1. The van der Waals surface area contributed by atoms with Crippen LogP contribution >= 0.6 is 0 Å². The number of nitrogens with one attached hydrogen (secondary N) is 1. The van der Waals surface area contributed by atoms with Crippen molar-refractivity contribution in [1.29, 1.82) is 0 Å². The second-order valence-electron chi connectivity index (χ2n) is 6.48. The first kappa shape index (κ1) is 17.6. The molecule has 0 aliphatic carbocycles. The van der Waals surface area contributed by atoms with E-state index in [4.69, 9.17) is 0 Å². The van der Waals surface area contributed by atoms with Gasteiger partial charge in [-0.3, -0.25) is 14.6 Å². The minimum Gasteiger partial charge on any atom is -0.320 e. The average Bonchev–Trinajstić information content (AvgIpc) is 2.70. The second kappa shape index (κ2) is 7.44. The molecule has 138 valence electrons. The van der Waals surface area contributed by atoms with Crippen LogP contribution in [0.3, 0.4) is 0 Å². The first-order valence-electron chi connectivity index (χ1n) is 8.90. The van der Waals surface area contributed by atoms with Gasteiger partial charge in [0.05, 0.1) is 17.7 Å². The molecule has 2 aromatic heterocycles. The first-order chi connectivity index (χ1) is 13.6. The maximum atomic E-state index is 12.7. The number of aryl methyl sites for hydroxylation is 1. The summed E-state index contributed by atoms with van der Waals surface area (Å²) in [5, 5.41) is 7.96. The Morgan fingerprint density at radius 1 is 0.964 bits per heavy atom. The summed E-state index contributed by atoms with van der Waals surface area (Å²) < 4.78 is 1.29. The zero-order chi connectivity index (χ0) is 19.5. The number of aromatic nitrogens is 3. The van der Waals surface area contributed by atoms with Gasteiger partial charge in [0.1, 0.15) is 5.69 Å². The van der Waals surface area contributed by atoms with Gasteiger partial charge >= 0.3 is 0 Å². The molecular formula is C22H18N4O2. The molecular weight excluding hydrogens is 352 g/mol. The topological polar surface area (TPSA) is 76.9 Å². The number of carbonyl (C=O) groups excluding carboxylic acids is 1. The van der Waals surface area contributed by atoms with E-state index in [1.54, 1.807) is 0 Å². The Morgan fingerprint density at radius 3 is 2.61 bits per heavy atom. The first-order valence-corrected chi connectivity index (χ1v) is 8.90. The van der Waals surface area contributed by atoms with Gasteiger partial charge in [-0.15, -0.1) is 0 Å². The Morgan fingerprint density at radius 2 is 1.79 bits per heavy atom. The van der Waals surface area contributed by atoms with E-state index < -0.39 is 0 Å². The van der Waals surface area contributed by atoms with Gasteiger partial charge in [0, 0.05) is 17.1 Å². The standard InChI is InChI=1S/C22H18N4O2/c1-15-10-11-17-18(23-15)8-5-9-19(17)24-22(28)20-12-13-21(27)26(25-20)14-16-6-3-2-4-7-16/h2-13H,14H2,1H3,(H,24,28). The number of hydrogen-bond donors (Lipinski definition) is 1. The van der Waals surface area contributed by atoms with Gasteiger partial charge in [-0.05, 0) is 42.8 Å². The Kier molecular flexibility index (Phi) is 4.68. The highest BCUT2D eigenvalue weighted by atomic mass is 16.2. The zero-order valence-corrected chi connectivity index (χ0v) is 15.3. The fourth-order valence-electron chi connectivity index (χ4n) is 2.99. The van der Waals surface area contributed by atoms with Crippen LogP contribution in [0.15, 0.2) is 77.6 Å². The van der Waals surface area contributed by atoms with Crippen LogP contribution in [0.2, 0.25) is 0 Å². The third-order valence-corrected chi connectivity index (χ3v) is 4.39. The molecule has 1 amide bonds. The second-order valence-corrected chi connectivity index (χ2v) is 6.48. The van der Waals surface area contributed by atoms with Crippen LogP contribution in [-0.4, -0.2) is 20.7 Å². The van der Waals surface area contributed by atoms with E-state index in [0.29, 0.717) is 12.2 Å². The van der Waals surface area contributed by atoms with Crippen molar-refractivity contribution < 1.29 is 4.79 Å². The smallest absolute Gasteiger partial charge is 0.276 e. The number of amides is 1. The SMILES string of the molecule is Cc1ccc2c(NC(=O)c3ccc(=O)n(Cc4ccccc4)n3)cccc2n1. The predicted molar refractivity (Wildman–Crippen MR) is 108 cm³/mol. The lowest BCUT2D eigenvalue weighted by Gasteiger charge is -2.10. The van der Waals surface area contributed by atoms with E-state index in [1.807, 2.05) is 67.6 Å². The molecule has 4 aromatic rings. The molecule has 28 heavy (non-hydrogen) atoms. The van der Waals surface area contributed by atoms with E-state index in [9.17, 15) is 9.59 Å². The van der Waals surface area contributed by atoms with E-state index in [0.717, 1.165) is 22.2 Å². The molecule has 2 heterocycles. The van der Waals surface area contributed by atoms with Crippen LogP contribution in [-0.2, 0) is 6.54 Å². The lowest BCUT2D eigenvalue weighted by Crippen LogP contribution is -2.26. The quantitative estimate of drug-likeness (QED) is 0.597. The molecule has 2 aromatic carbocycles. The molecule has 0 radical (unpaired) electrons. The summed E-state index contributed by atoms with van der Waals surface area (Å²) >= 11 is 0. The van der Waals surface area contributed by atoms with Gasteiger partial charge in [-0.25, -0.2) is 4.68 Å². The summed E-state index contributed by atoms with van der Waals surface area (Å²) in [7, 11) is 0. The number of pyridine rings is 1. The fourth-order valence-corrected chi connectivity index (χ4v) is 2.99. The minimum absolute atomic E-state index is 0.174. The number of nitrogens with zero attached hydrogens (tertiary/aromatic N) is 3. The highest BCUT2D eigenvalue weighted by molar-refractivity contribution is 6.07. The summed E-state index contributed by atoms with van der Waals surface area (Å²) in [6, 6.07) is 21.7. The highest BCUT2D eigenvalue weighted by Crippen LogP contribution is 2.22. The van der Waals surface area contributed by atoms with E-state index in [2.05, 4.69) is 15.4 Å². The van der Waals surface area contributed by atoms with Gasteiger partial charge < -0.3 is 5.32 Å². The molecule has 1 N–H and O–H groups in total. The van der Waals surface area contributed by atoms with Crippen molar-refractivity contribution in [1.82, 2.24) is 14.8 Å². The maximum absolute atomic E-state index is 12.7. The Bertz CT molecular complexity index is 1220. The number of hydrogen-bond acceptors (Lipinski definition) is 4. The molecule has 0 atom stereocenters. The van der Waals surface area contributed by atoms with Crippen LogP contribution in [0.5, 0.6) is 0 Å². The van der Waals surface area contributed by atoms with Gasteiger partial charge in [0.25, 0.3) is 11.5 Å². The molecule has 0 spiro atoms. The van der Waals surface area contributed by atoms with Gasteiger partial charge in [0.15, 0.2) is 0 Å². The van der Waals surface area contributed by atoms with Crippen LogP contribution in [0, 0.1) is 6.92 Å². The van der Waals surface area contributed by atoms with Crippen molar-refractivity contribution in [2.45, 2.75) is 13.5 Å². The monoisotopic (exact) mass is 370 g/mol.